The molecule has 1 unspecified atom stereocenters. The van der Waals surface area contributed by atoms with E-state index in [4.69, 9.17) is 4.74 Å². The zero-order chi connectivity index (χ0) is 12.3. The molecule has 0 bridgehead atoms. The lowest BCUT2D eigenvalue weighted by Crippen LogP contribution is -2.46. The van der Waals surface area contributed by atoms with E-state index < -0.39 is 0 Å². The van der Waals surface area contributed by atoms with E-state index in [0.29, 0.717) is 5.56 Å². The molecule has 94 valence electrons. The average Bonchev–Trinajstić information content (AvgIpc) is 2.30. The minimum absolute atomic E-state index is 0.0406. The quantitative estimate of drug-likeness (QED) is 0.928. The molecule has 1 aromatic rings. The first-order chi connectivity index (χ1) is 8.16. The van der Waals surface area contributed by atoms with Gasteiger partial charge in [-0.2, -0.15) is 0 Å². The van der Waals surface area contributed by atoms with Gasteiger partial charge in [-0.3, -0.25) is 0 Å². The molecule has 0 radical (unpaired) electrons. The number of halogens is 2. The van der Waals surface area contributed by atoms with E-state index in [0.717, 1.165) is 30.8 Å². The Hall–Kier alpha value is -0.490. The van der Waals surface area contributed by atoms with Crippen LogP contribution in [0.2, 0.25) is 0 Å². The third-order valence-electron chi connectivity index (χ3n) is 2.82. The predicted octanol–water partition coefficient (Wildman–Crippen LogP) is 2.49. The Morgan fingerprint density at radius 1 is 1.41 bits per heavy atom. The molecular weight excluding hydrogens is 287 g/mol. The minimum atomic E-state index is -0.187. The van der Waals surface area contributed by atoms with Crippen LogP contribution in [0.15, 0.2) is 22.7 Å². The van der Waals surface area contributed by atoms with Crippen LogP contribution >= 0.6 is 15.9 Å². The predicted molar refractivity (Wildman–Crippen MR) is 68.0 cm³/mol. The molecule has 5 heteroatoms. The molecule has 0 spiro atoms. The van der Waals surface area contributed by atoms with Crippen molar-refractivity contribution in [2.45, 2.75) is 13.0 Å². The van der Waals surface area contributed by atoms with Crippen molar-refractivity contribution < 1.29 is 9.13 Å². The monoisotopic (exact) mass is 302 g/mol. The van der Waals surface area contributed by atoms with Crippen LogP contribution in [0.5, 0.6) is 0 Å². The summed E-state index contributed by atoms with van der Waals surface area (Å²) in [6.45, 7) is 5.08. The molecule has 0 amide bonds. The summed E-state index contributed by atoms with van der Waals surface area (Å²) >= 11 is 3.26. The summed E-state index contributed by atoms with van der Waals surface area (Å²) in [5, 5.41) is 2.08. The number of rotatable bonds is 3. The fourth-order valence-corrected chi connectivity index (χ4v) is 2.22. The molecule has 1 atom stereocenters. The van der Waals surface area contributed by atoms with Gasteiger partial charge in [0.1, 0.15) is 5.82 Å². The Morgan fingerprint density at radius 3 is 2.76 bits per heavy atom. The maximum absolute atomic E-state index is 13.7. The Bertz CT molecular complexity index is 383. The molecule has 2 rings (SSSR count). The second kappa shape index (κ2) is 5.91. The summed E-state index contributed by atoms with van der Waals surface area (Å²) in [6, 6.07) is 5.11. The molecule has 1 fully saturated rings. The van der Waals surface area contributed by atoms with Crippen molar-refractivity contribution in [2.24, 2.45) is 0 Å². The number of hydrogen-bond acceptors (Lipinski definition) is 3. The van der Waals surface area contributed by atoms with Gasteiger partial charge in [0.05, 0.1) is 13.2 Å². The Morgan fingerprint density at radius 2 is 2.12 bits per heavy atom. The highest BCUT2D eigenvalue weighted by Crippen LogP contribution is 2.21. The van der Waals surface area contributed by atoms with Gasteiger partial charge >= 0.3 is 0 Å². The molecule has 1 aliphatic heterocycles. The molecule has 3 nitrogen and oxygen atoms in total. The highest BCUT2D eigenvalue weighted by atomic mass is 79.9. The van der Waals surface area contributed by atoms with E-state index in [1.807, 2.05) is 13.0 Å². The van der Waals surface area contributed by atoms with Gasteiger partial charge in [0.25, 0.3) is 0 Å². The van der Waals surface area contributed by atoms with Crippen LogP contribution in [-0.4, -0.2) is 31.3 Å². The summed E-state index contributed by atoms with van der Waals surface area (Å²) in [5.41, 5.74) is 3.97. The highest BCUT2D eigenvalue weighted by molar-refractivity contribution is 9.10. The molecular formula is C12H16BrFN2O. The van der Waals surface area contributed by atoms with Crippen LogP contribution in [0.25, 0.3) is 0 Å². The summed E-state index contributed by atoms with van der Waals surface area (Å²) in [4.78, 5) is 0. The first kappa shape index (κ1) is 13.0. The smallest absolute Gasteiger partial charge is 0.129 e. The van der Waals surface area contributed by atoms with Crippen molar-refractivity contribution in [2.75, 3.05) is 26.3 Å². The first-order valence-corrected chi connectivity index (χ1v) is 6.50. The minimum Gasteiger partial charge on any atom is -0.379 e. The van der Waals surface area contributed by atoms with Crippen molar-refractivity contribution in [1.82, 2.24) is 10.4 Å². The normalized spacial score (nSPS) is 19.2. The van der Waals surface area contributed by atoms with Crippen LogP contribution in [0.4, 0.5) is 4.39 Å². The van der Waals surface area contributed by atoms with E-state index in [-0.39, 0.29) is 11.9 Å². The molecule has 1 aliphatic rings. The highest BCUT2D eigenvalue weighted by Gasteiger charge is 2.16. The van der Waals surface area contributed by atoms with Gasteiger partial charge in [0.2, 0.25) is 0 Å². The van der Waals surface area contributed by atoms with E-state index in [2.05, 4.69) is 26.4 Å². The number of benzene rings is 1. The third-order valence-corrected chi connectivity index (χ3v) is 3.31. The van der Waals surface area contributed by atoms with Gasteiger partial charge in [-0.05, 0) is 19.1 Å². The lowest BCUT2D eigenvalue weighted by atomic mass is 10.1. The van der Waals surface area contributed by atoms with Gasteiger partial charge in [-0.25, -0.2) is 14.8 Å². The number of ether oxygens (including phenoxy) is 1. The number of nitrogens with one attached hydrogen (secondary N) is 1. The zero-order valence-corrected chi connectivity index (χ0v) is 11.3. The molecule has 0 aliphatic carbocycles. The largest absolute Gasteiger partial charge is 0.379 e. The fourth-order valence-electron chi connectivity index (χ4n) is 1.89. The van der Waals surface area contributed by atoms with Crippen LogP contribution < -0.4 is 5.43 Å². The molecule has 0 saturated carbocycles. The second-order valence-electron chi connectivity index (χ2n) is 4.12. The fraction of sp³-hybridized carbons (Fsp3) is 0.500. The second-order valence-corrected chi connectivity index (χ2v) is 5.03. The number of morpholine rings is 1. The molecule has 1 N–H and O–H groups in total. The maximum atomic E-state index is 13.7. The zero-order valence-electron chi connectivity index (χ0n) is 9.75. The summed E-state index contributed by atoms with van der Waals surface area (Å²) in [6.07, 6.45) is 0. The van der Waals surface area contributed by atoms with Gasteiger partial charge < -0.3 is 4.74 Å². The first-order valence-electron chi connectivity index (χ1n) is 5.70. The van der Waals surface area contributed by atoms with Gasteiger partial charge in [0.15, 0.2) is 0 Å². The Labute approximate surface area is 109 Å². The molecule has 1 saturated heterocycles. The lowest BCUT2D eigenvalue weighted by Gasteiger charge is -2.30. The topological polar surface area (TPSA) is 24.5 Å². The summed E-state index contributed by atoms with van der Waals surface area (Å²) in [5.74, 6) is -0.187. The molecule has 1 heterocycles. The van der Waals surface area contributed by atoms with Gasteiger partial charge in [0, 0.05) is 29.2 Å². The Balaban J connectivity index is 2.00. The van der Waals surface area contributed by atoms with Crippen molar-refractivity contribution in [3.8, 4) is 0 Å². The van der Waals surface area contributed by atoms with Crippen molar-refractivity contribution in [3.63, 3.8) is 0 Å². The van der Waals surface area contributed by atoms with Crippen molar-refractivity contribution in [3.05, 3.63) is 34.1 Å². The van der Waals surface area contributed by atoms with E-state index in [1.54, 1.807) is 6.07 Å². The lowest BCUT2D eigenvalue weighted by molar-refractivity contribution is 0.00460. The number of hydrogen-bond donors (Lipinski definition) is 1. The summed E-state index contributed by atoms with van der Waals surface area (Å²) < 4.78 is 19.8. The van der Waals surface area contributed by atoms with Crippen LogP contribution in [-0.2, 0) is 4.74 Å². The van der Waals surface area contributed by atoms with Gasteiger partial charge in [-0.15, -0.1) is 0 Å². The third kappa shape index (κ3) is 3.48. The van der Waals surface area contributed by atoms with Gasteiger partial charge in [-0.1, -0.05) is 22.0 Å². The molecule has 1 aromatic carbocycles. The van der Waals surface area contributed by atoms with E-state index in [1.165, 1.54) is 6.07 Å². The Kier molecular flexibility index (Phi) is 4.50. The maximum Gasteiger partial charge on any atom is 0.129 e. The summed E-state index contributed by atoms with van der Waals surface area (Å²) in [7, 11) is 0. The van der Waals surface area contributed by atoms with Crippen LogP contribution in [0.1, 0.15) is 18.5 Å². The SMILES string of the molecule is CC(NN1CCOCC1)c1ccc(Br)cc1F. The van der Waals surface area contributed by atoms with Crippen molar-refractivity contribution >= 4 is 15.9 Å². The van der Waals surface area contributed by atoms with Crippen LogP contribution in [0, 0.1) is 5.82 Å². The number of hydrazine groups is 1. The van der Waals surface area contributed by atoms with E-state index in [9.17, 15) is 4.39 Å². The molecule has 17 heavy (non-hydrogen) atoms. The number of nitrogens with zero attached hydrogens (tertiary/aromatic N) is 1. The van der Waals surface area contributed by atoms with E-state index >= 15 is 0 Å². The average molecular weight is 303 g/mol. The molecule has 0 aromatic heterocycles. The van der Waals surface area contributed by atoms with Crippen molar-refractivity contribution in [1.29, 1.82) is 0 Å². The van der Waals surface area contributed by atoms with Crippen LogP contribution in [0.3, 0.4) is 0 Å². The standard InChI is InChI=1S/C12H16BrFN2O/c1-9(15-16-4-6-17-7-5-16)11-3-2-10(13)8-12(11)14/h2-3,8-9,15H,4-7H2,1H3.